The van der Waals surface area contributed by atoms with Crippen molar-refractivity contribution in [3.05, 3.63) is 23.3 Å². The zero-order valence-corrected chi connectivity index (χ0v) is 52.2. The molecule has 5 heterocycles. The van der Waals surface area contributed by atoms with Gasteiger partial charge in [-0.15, -0.1) is 0 Å². The summed E-state index contributed by atoms with van der Waals surface area (Å²) in [5.74, 6) is -1.72. The summed E-state index contributed by atoms with van der Waals surface area (Å²) in [7, 11) is 4.64. The van der Waals surface area contributed by atoms with Gasteiger partial charge in [0.25, 0.3) is 0 Å². The van der Waals surface area contributed by atoms with Crippen LogP contribution in [0.1, 0.15) is 127 Å². The number of fused-ring (bicyclic) bond motifs is 5. The molecule has 9 aliphatic rings. The molecule has 8 fully saturated rings. The van der Waals surface area contributed by atoms with Crippen LogP contribution in [0.4, 0.5) is 0 Å². The Kier molecular flexibility index (Phi) is 21.4. The summed E-state index contributed by atoms with van der Waals surface area (Å²) in [6.07, 6.45) is -19.8. The Hall–Kier alpha value is -2.30. The zero-order chi connectivity index (χ0) is 63.6. The van der Waals surface area contributed by atoms with Crippen molar-refractivity contribution in [2.45, 2.75) is 291 Å². The van der Waals surface area contributed by atoms with Crippen LogP contribution in [0.3, 0.4) is 0 Å². The molecule has 0 aromatic rings. The number of hydrogen-bond acceptors (Lipinski definition) is 26. The van der Waals surface area contributed by atoms with E-state index in [2.05, 4.69) is 6.92 Å². The summed E-state index contributed by atoms with van der Waals surface area (Å²) in [4.78, 5) is 26.9. The van der Waals surface area contributed by atoms with E-state index in [0.29, 0.717) is 25.7 Å². The number of aliphatic hydroxyl groups is 10. The first-order chi connectivity index (χ1) is 41.0. The molecule has 30 atom stereocenters. The number of esters is 1. The standard InChI is InChI=1S/C61H98O26/c1-27(2)28(3)19-42(65)83-41-24-40-57(8)15-14-34(20-33(57)13-16-60(40,72)61(73)18-17-59(71,32(7)64)58(41,61)9)80-43-21-35(74-10)51(29(4)77-43)84-44-22-36(75-11)52(30(5)78-44)85-45-23-37(76-12)53(31(6)79-45)86-56-50(70)48(68)54(39(26-63)82-56)87-55-49(69)47(67)46(66)38(25-62)81-55/h13,19,27,29-31,34-41,43-56,62-63,66-73H,14-18,20-26H2,1-12H3. The van der Waals surface area contributed by atoms with Crippen LogP contribution in [0.25, 0.3) is 0 Å². The second-order valence-corrected chi connectivity index (χ2v) is 26.7. The van der Waals surface area contributed by atoms with E-state index in [4.69, 9.17) is 66.3 Å². The molecule has 0 bridgehead atoms. The van der Waals surface area contributed by atoms with Crippen LogP contribution in [-0.2, 0) is 75.9 Å². The lowest BCUT2D eigenvalue weighted by molar-refractivity contribution is -0.376. The summed E-state index contributed by atoms with van der Waals surface area (Å²) >= 11 is 0. The highest BCUT2D eigenvalue weighted by atomic mass is 16.8. The molecule has 498 valence electrons. The van der Waals surface area contributed by atoms with Crippen molar-refractivity contribution in [3.8, 4) is 0 Å². The quantitative estimate of drug-likeness (QED) is 0.0470. The van der Waals surface area contributed by atoms with E-state index in [1.54, 1.807) is 28.1 Å². The third-order valence-electron chi connectivity index (χ3n) is 21.6. The number of rotatable bonds is 19. The van der Waals surface area contributed by atoms with Crippen molar-refractivity contribution in [1.29, 1.82) is 0 Å². The molecular weight excluding hydrogens is 1150 g/mol. The van der Waals surface area contributed by atoms with Gasteiger partial charge in [0.05, 0.1) is 61.4 Å². The van der Waals surface area contributed by atoms with Crippen LogP contribution in [0, 0.1) is 22.7 Å². The predicted molar refractivity (Wildman–Crippen MR) is 299 cm³/mol. The molecule has 87 heavy (non-hydrogen) atoms. The highest BCUT2D eigenvalue weighted by molar-refractivity contribution is 5.87. The molecule has 0 aromatic carbocycles. The summed E-state index contributed by atoms with van der Waals surface area (Å²) < 4.78 is 86.7. The van der Waals surface area contributed by atoms with Crippen LogP contribution < -0.4 is 0 Å². The van der Waals surface area contributed by atoms with Gasteiger partial charge in [0, 0.05) is 52.6 Å². The van der Waals surface area contributed by atoms with Gasteiger partial charge >= 0.3 is 5.97 Å². The molecular formula is C61H98O26. The van der Waals surface area contributed by atoms with Gasteiger partial charge in [-0.1, -0.05) is 38.0 Å². The lowest BCUT2D eigenvalue weighted by atomic mass is 9.42. The van der Waals surface area contributed by atoms with Gasteiger partial charge in [-0.25, -0.2) is 4.79 Å². The molecule has 4 aliphatic carbocycles. The second-order valence-electron chi connectivity index (χ2n) is 26.7. The lowest BCUT2D eigenvalue weighted by Crippen LogP contribution is -2.78. The average molecular weight is 1250 g/mol. The number of hydrogen-bond donors (Lipinski definition) is 10. The Morgan fingerprint density at radius 3 is 1.63 bits per heavy atom. The predicted octanol–water partition coefficient (Wildman–Crippen LogP) is 0.238. The largest absolute Gasteiger partial charge is 0.458 e. The molecule has 0 radical (unpaired) electrons. The van der Waals surface area contributed by atoms with Crippen molar-refractivity contribution in [1.82, 2.24) is 0 Å². The van der Waals surface area contributed by atoms with Crippen molar-refractivity contribution in [2.24, 2.45) is 22.7 Å². The SMILES string of the molecule is COC1CC(OC2CCC3(C)C(=CCC4(O)C3CC(OC(=O)C=C(C)C(C)C)C3(C)C(O)(C(C)=O)CCC43O)C2)OC(C)C1OC1CC(OC)C(OC2CC(OC)C(OC3OC(CO)C(OC4OC(CO)C(O)C(O)C4O)C(O)C3O)C(C)O2)C(C)O1. The Morgan fingerprint density at radius 1 is 0.632 bits per heavy atom. The minimum atomic E-state index is -2.05. The minimum absolute atomic E-state index is 0.0622. The number of carbonyl (C=O) groups excluding carboxylic acids is 2. The fraction of sp³-hybridized carbons (Fsp3) is 0.902. The zero-order valence-electron chi connectivity index (χ0n) is 52.2. The first-order valence-corrected chi connectivity index (χ1v) is 31.0. The molecule has 3 saturated carbocycles. The number of allylic oxidation sites excluding steroid dienone is 1. The number of Topliss-reactive ketones (excluding diaryl/α,β-unsaturated/α-hetero) is 1. The van der Waals surface area contributed by atoms with E-state index in [1.165, 1.54) is 20.1 Å². The Labute approximate surface area is 508 Å². The average Bonchev–Trinajstić information content (AvgIpc) is 1.61. The van der Waals surface area contributed by atoms with Crippen LogP contribution in [0.5, 0.6) is 0 Å². The van der Waals surface area contributed by atoms with E-state index in [-0.39, 0.29) is 50.5 Å². The summed E-state index contributed by atoms with van der Waals surface area (Å²) in [5, 5.41) is 111. The Morgan fingerprint density at radius 2 is 1.13 bits per heavy atom. The van der Waals surface area contributed by atoms with Gasteiger partial charge in [-0.2, -0.15) is 0 Å². The number of ether oxygens (including phenoxy) is 14. The van der Waals surface area contributed by atoms with Crippen molar-refractivity contribution in [3.63, 3.8) is 0 Å². The molecule has 26 heteroatoms. The van der Waals surface area contributed by atoms with E-state index in [1.807, 2.05) is 40.7 Å². The number of aliphatic hydroxyl groups excluding tert-OH is 7. The number of ketones is 1. The minimum Gasteiger partial charge on any atom is -0.458 e. The highest BCUT2D eigenvalue weighted by Crippen LogP contribution is 2.71. The van der Waals surface area contributed by atoms with Crippen molar-refractivity contribution >= 4 is 11.8 Å². The topological polar surface area (TPSA) is 366 Å². The molecule has 0 amide bonds. The fourth-order valence-corrected chi connectivity index (χ4v) is 15.9. The van der Waals surface area contributed by atoms with Crippen molar-refractivity contribution in [2.75, 3.05) is 34.5 Å². The van der Waals surface area contributed by atoms with Crippen LogP contribution in [-0.4, -0.2) is 262 Å². The molecule has 0 aromatic heterocycles. The third kappa shape index (κ3) is 12.5. The first-order valence-electron chi connectivity index (χ1n) is 31.0. The smallest absolute Gasteiger partial charge is 0.330 e. The normalized spacial score (nSPS) is 50.4. The maximum absolute atomic E-state index is 13.6. The summed E-state index contributed by atoms with van der Waals surface area (Å²) in [5.41, 5.74) is -6.33. The van der Waals surface area contributed by atoms with Gasteiger partial charge in [0.15, 0.2) is 37.2 Å². The van der Waals surface area contributed by atoms with E-state index in [9.17, 15) is 60.7 Å². The fourth-order valence-electron chi connectivity index (χ4n) is 15.9. The summed E-state index contributed by atoms with van der Waals surface area (Å²) in [6.45, 7) is 14.6. The van der Waals surface area contributed by atoms with Gasteiger partial charge in [-0.05, 0) is 97.8 Å². The molecule has 30 unspecified atom stereocenters. The Balaban J connectivity index is 0.784. The highest BCUT2D eigenvalue weighted by Gasteiger charge is 2.81. The number of methoxy groups -OCH3 is 3. The molecule has 0 spiro atoms. The van der Waals surface area contributed by atoms with E-state index < -0.39 is 200 Å². The maximum Gasteiger partial charge on any atom is 0.330 e. The third-order valence-corrected chi connectivity index (χ3v) is 21.6. The van der Waals surface area contributed by atoms with Crippen LogP contribution >= 0.6 is 0 Å². The second kappa shape index (κ2) is 27.0. The Bertz CT molecular complexity index is 2430. The first kappa shape index (κ1) is 69.1. The lowest BCUT2D eigenvalue weighted by Gasteiger charge is -2.67. The van der Waals surface area contributed by atoms with Crippen LogP contribution in [0.2, 0.25) is 0 Å². The van der Waals surface area contributed by atoms with Gasteiger partial charge in [-0.3, -0.25) is 4.79 Å². The maximum atomic E-state index is 13.6. The summed E-state index contributed by atoms with van der Waals surface area (Å²) in [6, 6.07) is 0. The van der Waals surface area contributed by atoms with Gasteiger partial charge < -0.3 is 117 Å². The van der Waals surface area contributed by atoms with E-state index >= 15 is 0 Å². The molecule has 5 aliphatic heterocycles. The number of carbonyl (C=O) groups is 2. The molecule has 9 rings (SSSR count). The molecule has 10 N–H and O–H groups in total. The van der Waals surface area contributed by atoms with Gasteiger partial charge in [0.1, 0.15) is 90.1 Å². The molecule has 5 saturated heterocycles. The molecule has 26 nitrogen and oxygen atoms in total. The van der Waals surface area contributed by atoms with E-state index in [0.717, 1.165) is 11.1 Å². The van der Waals surface area contributed by atoms with Crippen LogP contribution in [0.15, 0.2) is 23.3 Å². The monoisotopic (exact) mass is 1250 g/mol. The van der Waals surface area contributed by atoms with Gasteiger partial charge in [0.2, 0.25) is 0 Å². The van der Waals surface area contributed by atoms with Crippen molar-refractivity contribution < 1.29 is 127 Å².